The number of rotatable bonds is 9. The molecule has 0 radical (unpaired) electrons. The topological polar surface area (TPSA) is 81.4 Å². The summed E-state index contributed by atoms with van der Waals surface area (Å²) >= 11 is 2.98. The van der Waals surface area contributed by atoms with Gasteiger partial charge in [0, 0.05) is 16.1 Å². The molecule has 0 spiro atoms. The highest BCUT2D eigenvalue weighted by Gasteiger charge is 2.17. The molecule has 4 rings (SSSR count). The summed E-state index contributed by atoms with van der Waals surface area (Å²) in [5.74, 6) is 1.37. The number of aromatic nitrogens is 3. The van der Waals surface area contributed by atoms with E-state index in [9.17, 15) is 4.79 Å². The fraction of sp³-hybridized carbons (Fsp3) is 0.120. The van der Waals surface area contributed by atoms with E-state index in [1.807, 2.05) is 89.7 Å². The number of amides is 1. The number of carbonyl (C=O) groups is 1. The molecule has 9 heteroatoms. The molecule has 0 saturated heterocycles. The zero-order valence-corrected chi connectivity index (χ0v) is 20.3. The van der Waals surface area contributed by atoms with E-state index in [1.165, 1.54) is 16.7 Å². The summed E-state index contributed by atoms with van der Waals surface area (Å²) < 4.78 is 7.20. The molecule has 1 heterocycles. The van der Waals surface area contributed by atoms with Crippen molar-refractivity contribution in [1.29, 1.82) is 0 Å². The lowest BCUT2D eigenvalue weighted by molar-refractivity contribution is -0.118. The average molecular weight is 490 g/mol. The summed E-state index contributed by atoms with van der Waals surface area (Å²) in [4.78, 5) is 13.6. The van der Waals surface area contributed by atoms with Gasteiger partial charge in [-0.15, -0.1) is 22.0 Å². The molecular weight excluding hydrogens is 466 g/mol. The van der Waals surface area contributed by atoms with Gasteiger partial charge in [-0.1, -0.05) is 42.1 Å². The van der Waals surface area contributed by atoms with Crippen LogP contribution in [-0.4, -0.2) is 46.0 Å². The van der Waals surface area contributed by atoms with Gasteiger partial charge in [-0.05, 0) is 60.4 Å². The predicted molar refractivity (Wildman–Crippen MR) is 138 cm³/mol. The number of hydrogen-bond acceptors (Lipinski definition) is 7. The summed E-state index contributed by atoms with van der Waals surface area (Å²) in [6, 6.07) is 25.4. The summed E-state index contributed by atoms with van der Waals surface area (Å²) in [5.41, 5.74) is 5.29. The van der Waals surface area contributed by atoms with Crippen LogP contribution in [0.3, 0.4) is 0 Å². The first kappa shape index (κ1) is 23.6. The number of nitrogens with zero attached hydrogens (tertiary/aromatic N) is 4. The molecule has 1 amide bonds. The molecular formula is C25H23N5O2S2. The van der Waals surface area contributed by atoms with Crippen molar-refractivity contribution in [3.8, 4) is 22.8 Å². The molecule has 3 aromatic carbocycles. The van der Waals surface area contributed by atoms with E-state index >= 15 is 0 Å². The normalized spacial score (nSPS) is 11.0. The second kappa shape index (κ2) is 11.5. The predicted octanol–water partition coefficient (Wildman–Crippen LogP) is 4.91. The molecule has 1 aromatic heterocycles. The number of hydrazone groups is 1. The van der Waals surface area contributed by atoms with Gasteiger partial charge < -0.3 is 4.74 Å². The fourth-order valence-electron chi connectivity index (χ4n) is 3.13. The average Bonchev–Trinajstić information content (AvgIpc) is 3.32. The van der Waals surface area contributed by atoms with E-state index < -0.39 is 0 Å². The van der Waals surface area contributed by atoms with E-state index in [0.29, 0.717) is 11.0 Å². The van der Waals surface area contributed by atoms with Gasteiger partial charge in [-0.3, -0.25) is 9.36 Å². The molecule has 0 bridgehead atoms. The number of thioether (sulfide) groups is 2. The van der Waals surface area contributed by atoms with E-state index in [2.05, 4.69) is 20.7 Å². The minimum absolute atomic E-state index is 0.149. The van der Waals surface area contributed by atoms with Crippen molar-refractivity contribution in [1.82, 2.24) is 20.2 Å². The minimum Gasteiger partial charge on any atom is -0.497 e. The van der Waals surface area contributed by atoms with Crippen molar-refractivity contribution in [2.75, 3.05) is 19.1 Å². The summed E-state index contributed by atoms with van der Waals surface area (Å²) in [6.07, 6.45) is 3.65. The zero-order valence-electron chi connectivity index (χ0n) is 18.7. The molecule has 0 saturated carbocycles. The Hall–Kier alpha value is -3.56. The zero-order chi connectivity index (χ0) is 23.8. The number of nitrogens with one attached hydrogen (secondary N) is 1. The summed E-state index contributed by atoms with van der Waals surface area (Å²) in [5, 5.41) is 13.4. The van der Waals surface area contributed by atoms with Crippen LogP contribution in [-0.2, 0) is 4.79 Å². The SMILES string of the molecule is COc1ccc(-c2nnc(SCC(=O)N/N=C/c3ccc(SC)cc3)n2-c2ccccc2)cc1. The molecule has 0 aliphatic carbocycles. The Kier molecular flexibility index (Phi) is 8.00. The lowest BCUT2D eigenvalue weighted by Gasteiger charge is -2.10. The van der Waals surface area contributed by atoms with E-state index in [4.69, 9.17) is 4.74 Å². The quantitative estimate of drug-likeness (QED) is 0.204. The maximum atomic E-state index is 12.4. The van der Waals surface area contributed by atoms with Crippen molar-refractivity contribution in [2.45, 2.75) is 10.1 Å². The number of methoxy groups -OCH3 is 1. The molecule has 0 fully saturated rings. The summed E-state index contributed by atoms with van der Waals surface area (Å²) in [7, 11) is 1.63. The molecule has 1 N–H and O–H groups in total. The van der Waals surface area contributed by atoms with E-state index in [1.54, 1.807) is 25.1 Å². The second-order valence-corrected chi connectivity index (χ2v) is 8.88. The van der Waals surface area contributed by atoms with Crippen molar-refractivity contribution in [2.24, 2.45) is 5.10 Å². The van der Waals surface area contributed by atoms with Crippen LogP contribution < -0.4 is 10.2 Å². The van der Waals surface area contributed by atoms with Crippen LogP contribution in [0.2, 0.25) is 0 Å². The van der Waals surface area contributed by atoms with Crippen LogP contribution in [0.5, 0.6) is 5.75 Å². The number of carbonyl (C=O) groups excluding carboxylic acids is 1. The van der Waals surface area contributed by atoms with Gasteiger partial charge in [-0.25, -0.2) is 5.43 Å². The Bertz CT molecular complexity index is 1260. The van der Waals surface area contributed by atoms with Crippen LogP contribution >= 0.6 is 23.5 Å². The maximum absolute atomic E-state index is 12.4. The monoisotopic (exact) mass is 489 g/mol. The van der Waals surface area contributed by atoms with Crippen molar-refractivity contribution < 1.29 is 9.53 Å². The Morgan fingerprint density at radius 2 is 1.76 bits per heavy atom. The smallest absolute Gasteiger partial charge is 0.250 e. The Morgan fingerprint density at radius 3 is 2.44 bits per heavy atom. The van der Waals surface area contributed by atoms with Gasteiger partial charge in [0.05, 0.1) is 19.1 Å². The van der Waals surface area contributed by atoms with Gasteiger partial charge in [0.25, 0.3) is 5.91 Å². The van der Waals surface area contributed by atoms with Crippen LogP contribution in [0.15, 0.2) is 94.0 Å². The Balaban J connectivity index is 1.47. The second-order valence-electron chi connectivity index (χ2n) is 7.06. The first-order valence-corrected chi connectivity index (χ1v) is 12.6. The van der Waals surface area contributed by atoms with Crippen LogP contribution in [0.25, 0.3) is 17.1 Å². The molecule has 34 heavy (non-hydrogen) atoms. The van der Waals surface area contributed by atoms with Crippen molar-refractivity contribution >= 4 is 35.6 Å². The standard InChI is InChI=1S/C25H23N5O2S2/c1-32-21-12-10-19(11-13-21)24-28-29-25(30(24)20-6-4-3-5-7-20)34-17-23(31)27-26-16-18-8-14-22(33-2)15-9-18/h3-16H,17H2,1-2H3,(H,27,31)/b26-16+. The van der Waals surface area contributed by atoms with Crippen LogP contribution in [0.4, 0.5) is 0 Å². The largest absolute Gasteiger partial charge is 0.497 e. The number of ether oxygens (including phenoxy) is 1. The third-order valence-corrected chi connectivity index (χ3v) is 6.52. The first-order valence-electron chi connectivity index (χ1n) is 10.4. The Morgan fingerprint density at radius 1 is 1.03 bits per heavy atom. The molecule has 172 valence electrons. The minimum atomic E-state index is -0.226. The van der Waals surface area contributed by atoms with Crippen molar-refractivity contribution in [3.05, 3.63) is 84.4 Å². The highest BCUT2D eigenvalue weighted by atomic mass is 32.2. The fourth-order valence-corrected chi connectivity index (χ4v) is 4.28. The summed E-state index contributed by atoms with van der Waals surface area (Å²) in [6.45, 7) is 0. The molecule has 0 atom stereocenters. The lowest BCUT2D eigenvalue weighted by atomic mass is 10.2. The first-order chi connectivity index (χ1) is 16.7. The third-order valence-electron chi connectivity index (χ3n) is 4.85. The molecule has 4 aromatic rings. The van der Waals surface area contributed by atoms with Gasteiger partial charge >= 0.3 is 0 Å². The maximum Gasteiger partial charge on any atom is 0.250 e. The van der Waals surface area contributed by atoms with Crippen LogP contribution in [0.1, 0.15) is 5.56 Å². The van der Waals surface area contributed by atoms with Gasteiger partial charge in [0.1, 0.15) is 5.75 Å². The van der Waals surface area contributed by atoms with Gasteiger partial charge in [0.15, 0.2) is 11.0 Å². The lowest BCUT2D eigenvalue weighted by Crippen LogP contribution is -2.20. The molecule has 0 aliphatic heterocycles. The third kappa shape index (κ3) is 5.86. The Labute approximate surface area is 206 Å². The number of hydrogen-bond donors (Lipinski definition) is 1. The van der Waals surface area contributed by atoms with Gasteiger partial charge in [0.2, 0.25) is 0 Å². The van der Waals surface area contributed by atoms with Crippen molar-refractivity contribution in [3.63, 3.8) is 0 Å². The molecule has 0 aliphatic rings. The number of benzene rings is 3. The van der Waals surface area contributed by atoms with Gasteiger partial charge in [-0.2, -0.15) is 5.10 Å². The van der Waals surface area contributed by atoms with E-state index in [-0.39, 0.29) is 11.7 Å². The molecule has 0 unspecified atom stereocenters. The van der Waals surface area contributed by atoms with Crippen LogP contribution in [0, 0.1) is 0 Å². The van der Waals surface area contributed by atoms with E-state index in [0.717, 1.165) is 22.6 Å². The highest BCUT2D eigenvalue weighted by Crippen LogP contribution is 2.28. The molecule has 7 nitrogen and oxygen atoms in total. The highest BCUT2D eigenvalue weighted by molar-refractivity contribution is 7.99. The number of para-hydroxylation sites is 1.